The Hall–Kier alpha value is -0.0000000000000000555. The summed E-state index contributed by atoms with van der Waals surface area (Å²) < 4.78 is 2.56. The van der Waals surface area contributed by atoms with Crippen molar-refractivity contribution in [1.82, 2.24) is 9.97 Å². The number of aromatic nitrogens is 2. The maximum Gasteiger partial charge on any atom is 0.198 e. The smallest absolute Gasteiger partial charge is 0.198 e. The van der Waals surface area contributed by atoms with Gasteiger partial charge in [0.1, 0.15) is 4.60 Å². The lowest BCUT2D eigenvalue weighted by Gasteiger charge is -1.92. The molecule has 5 heteroatoms. The Labute approximate surface area is 83.9 Å². The van der Waals surface area contributed by atoms with Crippen molar-refractivity contribution < 1.29 is 0 Å². The van der Waals surface area contributed by atoms with Gasteiger partial charge in [-0.3, -0.25) is 0 Å². The average Bonchev–Trinajstić information content (AvgIpc) is 2.34. The highest BCUT2D eigenvalue weighted by Crippen LogP contribution is 2.26. The van der Waals surface area contributed by atoms with Crippen LogP contribution in [0.2, 0.25) is 0 Å². The van der Waals surface area contributed by atoms with Crippen LogP contribution < -0.4 is 0 Å². The first kappa shape index (κ1) is 7.64. The summed E-state index contributed by atoms with van der Waals surface area (Å²) in [5, 5.41) is 2.00. The second-order valence-electron chi connectivity index (χ2n) is 1.92. The lowest BCUT2D eigenvalue weighted by molar-refractivity contribution is 1.14. The number of fused-ring (bicyclic) bond motifs is 1. The van der Waals surface area contributed by atoms with Gasteiger partial charge >= 0.3 is 0 Å². The molecule has 56 valence electrons. The van der Waals surface area contributed by atoms with Gasteiger partial charge in [-0.2, -0.15) is 0 Å². The Morgan fingerprint density at radius 2 is 2.09 bits per heavy atom. The van der Waals surface area contributed by atoms with E-state index in [0.29, 0.717) is 4.73 Å². The Balaban J connectivity index is 2.91. The van der Waals surface area contributed by atoms with Crippen molar-refractivity contribution in [2.24, 2.45) is 0 Å². The monoisotopic (exact) mass is 292 g/mol. The first-order valence-electron chi connectivity index (χ1n) is 2.83. The summed E-state index contributed by atoms with van der Waals surface area (Å²) in [7, 11) is 0. The molecule has 0 fully saturated rings. The second-order valence-corrected chi connectivity index (χ2v) is 4.29. The van der Waals surface area contributed by atoms with Gasteiger partial charge in [0.2, 0.25) is 0 Å². The fourth-order valence-electron chi connectivity index (χ4n) is 0.801. The SMILES string of the molecule is Brc1nc(Br)c2sccc2n1. The van der Waals surface area contributed by atoms with Gasteiger partial charge in [-0.25, -0.2) is 9.97 Å². The Morgan fingerprint density at radius 1 is 1.27 bits per heavy atom. The lowest BCUT2D eigenvalue weighted by Crippen LogP contribution is -1.82. The largest absolute Gasteiger partial charge is 0.221 e. The zero-order chi connectivity index (χ0) is 7.84. The first-order chi connectivity index (χ1) is 5.27. The third kappa shape index (κ3) is 1.32. The molecule has 0 saturated carbocycles. The van der Waals surface area contributed by atoms with Crippen molar-refractivity contribution in [3.05, 3.63) is 20.8 Å². The molecule has 2 aromatic heterocycles. The van der Waals surface area contributed by atoms with Gasteiger partial charge in [0, 0.05) is 0 Å². The number of hydrogen-bond donors (Lipinski definition) is 0. The topological polar surface area (TPSA) is 25.8 Å². The van der Waals surface area contributed by atoms with E-state index in [4.69, 9.17) is 0 Å². The molecule has 2 heterocycles. The normalized spacial score (nSPS) is 10.7. The zero-order valence-corrected chi connectivity index (χ0v) is 9.20. The fourth-order valence-corrected chi connectivity index (χ4v) is 2.77. The van der Waals surface area contributed by atoms with Gasteiger partial charge in [-0.05, 0) is 43.3 Å². The standard InChI is InChI=1S/C6H2Br2N2S/c7-5-4-3(1-2-11-4)9-6(8)10-5/h1-2H. The molecule has 11 heavy (non-hydrogen) atoms. The molecular formula is C6H2Br2N2S. The molecule has 0 unspecified atom stereocenters. The van der Waals surface area contributed by atoms with E-state index in [1.54, 1.807) is 11.3 Å². The summed E-state index contributed by atoms with van der Waals surface area (Å²) in [4.78, 5) is 8.29. The highest BCUT2D eigenvalue weighted by Gasteiger charge is 2.03. The highest BCUT2D eigenvalue weighted by molar-refractivity contribution is 9.11. The quantitative estimate of drug-likeness (QED) is 0.551. The van der Waals surface area contributed by atoms with E-state index in [0.717, 1.165) is 14.8 Å². The summed E-state index contributed by atoms with van der Waals surface area (Å²) >= 11 is 8.21. The first-order valence-corrected chi connectivity index (χ1v) is 5.30. The lowest BCUT2D eigenvalue weighted by atomic mass is 10.5. The molecule has 0 aliphatic carbocycles. The van der Waals surface area contributed by atoms with E-state index < -0.39 is 0 Å². The Kier molecular flexibility index (Phi) is 1.95. The zero-order valence-electron chi connectivity index (χ0n) is 5.21. The van der Waals surface area contributed by atoms with E-state index in [9.17, 15) is 0 Å². The minimum Gasteiger partial charge on any atom is -0.221 e. The number of thiophene rings is 1. The minimum atomic E-state index is 0.621. The van der Waals surface area contributed by atoms with Crippen molar-refractivity contribution in [2.45, 2.75) is 0 Å². The fraction of sp³-hybridized carbons (Fsp3) is 0. The molecule has 0 aliphatic rings. The molecule has 2 rings (SSSR count). The second kappa shape index (κ2) is 2.80. The maximum absolute atomic E-state index is 4.18. The third-order valence-electron chi connectivity index (χ3n) is 1.23. The van der Waals surface area contributed by atoms with Crippen molar-refractivity contribution in [3.8, 4) is 0 Å². The van der Waals surface area contributed by atoms with Crippen LogP contribution in [0, 0.1) is 0 Å². The van der Waals surface area contributed by atoms with E-state index in [1.165, 1.54) is 0 Å². The molecule has 0 N–H and O–H groups in total. The summed E-state index contributed by atoms with van der Waals surface area (Å²) in [5.41, 5.74) is 0.976. The summed E-state index contributed by atoms with van der Waals surface area (Å²) in [6.45, 7) is 0. The third-order valence-corrected chi connectivity index (χ3v) is 3.34. The van der Waals surface area contributed by atoms with Crippen LogP contribution >= 0.6 is 43.2 Å². The van der Waals surface area contributed by atoms with Crippen LogP contribution in [0.4, 0.5) is 0 Å². The van der Waals surface area contributed by atoms with Gasteiger partial charge in [0.15, 0.2) is 4.73 Å². The summed E-state index contributed by atoms with van der Waals surface area (Å²) in [5.74, 6) is 0. The van der Waals surface area contributed by atoms with Crippen LogP contribution in [0.1, 0.15) is 0 Å². The molecule has 0 radical (unpaired) electrons. The van der Waals surface area contributed by atoms with Crippen LogP contribution in [0.15, 0.2) is 20.8 Å². The van der Waals surface area contributed by atoms with Crippen LogP contribution in [0.3, 0.4) is 0 Å². The van der Waals surface area contributed by atoms with Gasteiger partial charge in [-0.15, -0.1) is 11.3 Å². The van der Waals surface area contributed by atoms with Crippen LogP contribution in [0.25, 0.3) is 10.2 Å². The number of halogens is 2. The molecule has 0 atom stereocenters. The van der Waals surface area contributed by atoms with Crippen LogP contribution in [-0.2, 0) is 0 Å². The molecule has 0 spiro atoms. The Morgan fingerprint density at radius 3 is 2.91 bits per heavy atom. The summed E-state index contributed by atoms with van der Waals surface area (Å²) in [6, 6.07) is 1.97. The van der Waals surface area contributed by atoms with E-state index in [1.807, 2.05) is 11.4 Å². The van der Waals surface area contributed by atoms with Crippen molar-refractivity contribution >= 4 is 53.4 Å². The maximum atomic E-state index is 4.18. The molecular weight excluding hydrogens is 292 g/mol. The average molecular weight is 294 g/mol. The van der Waals surface area contributed by atoms with E-state index in [2.05, 4.69) is 41.8 Å². The van der Waals surface area contributed by atoms with Crippen LogP contribution in [0.5, 0.6) is 0 Å². The number of rotatable bonds is 0. The van der Waals surface area contributed by atoms with Gasteiger partial charge in [0.05, 0.1) is 10.2 Å². The van der Waals surface area contributed by atoms with Crippen LogP contribution in [-0.4, -0.2) is 9.97 Å². The molecule has 0 aliphatic heterocycles. The van der Waals surface area contributed by atoms with Gasteiger partial charge in [0.25, 0.3) is 0 Å². The highest BCUT2D eigenvalue weighted by atomic mass is 79.9. The van der Waals surface area contributed by atoms with Gasteiger partial charge < -0.3 is 0 Å². The predicted molar refractivity (Wildman–Crippen MR) is 52.8 cm³/mol. The Bertz CT molecular complexity index is 398. The minimum absolute atomic E-state index is 0.621. The molecule has 0 amide bonds. The van der Waals surface area contributed by atoms with Gasteiger partial charge in [-0.1, -0.05) is 0 Å². The number of nitrogens with zero attached hydrogens (tertiary/aromatic N) is 2. The predicted octanol–water partition coefficient (Wildman–Crippen LogP) is 3.22. The van der Waals surface area contributed by atoms with E-state index in [-0.39, 0.29) is 0 Å². The molecule has 2 aromatic rings. The van der Waals surface area contributed by atoms with Crippen molar-refractivity contribution in [3.63, 3.8) is 0 Å². The summed E-state index contributed by atoms with van der Waals surface area (Å²) in [6.07, 6.45) is 0. The van der Waals surface area contributed by atoms with E-state index >= 15 is 0 Å². The van der Waals surface area contributed by atoms with Crippen molar-refractivity contribution in [1.29, 1.82) is 0 Å². The molecule has 0 bridgehead atoms. The number of hydrogen-bond acceptors (Lipinski definition) is 3. The van der Waals surface area contributed by atoms with Crippen molar-refractivity contribution in [2.75, 3.05) is 0 Å². The molecule has 0 saturated heterocycles. The molecule has 0 aromatic carbocycles. The molecule has 2 nitrogen and oxygen atoms in total.